The number of imide groups is 1. The summed E-state index contributed by atoms with van der Waals surface area (Å²) in [6, 6.07) is 26.5. The Morgan fingerprint density at radius 3 is 1.90 bits per heavy atom. The van der Waals surface area contributed by atoms with Crippen molar-refractivity contribution in [2.45, 2.75) is 5.16 Å². The van der Waals surface area contributed by atoms with Crippen LogP contribution in [0.5, 0.6) is 0 Å². The summed E-state index contributed by atoms with van der Waals surface area (Å²) in [5.74, 6) is 0.299. The van der Waals surface area contributed by atoms with Crippen molar-refractivity contribution in [3.05, 3.63) is 96.1 Å². The third-order valence-corrected chi connectivity index (χ3v) is 5.79. The molecule has 4 aromatic rings. The highest BCUT2D eigenvalue weighted by atomic mass is 32.2. The fraction of sp³-hybridized carbons (Fsp3) is 0.0435. The van der Waals surface area contributed by atoms with Crippen molar-refractivity contribution in [3.63, 3.8) is 0 Å². The fourth-order valence-electron chi connectivity index (χ4n) is 3.43. The number of thioether (sulfide) groups is 1. The van der Waals surface area contributed by atoms with Crippen molar-refractivity contribution >= 4 is 23.6 Å². The number of carbonyl (C=O) groups excluding carboxylic acids is 2. The lowest BCUT2D eigenvalue weighted by Crippen LogP contribution is -2.29. The molecule has 0 saturated carbocycles. The Morgan fingerprint density at radius 2 is 1.27 bits per heavy atom. The molecule has 0 aliphatic carbocycles. The molecule has 7 heteroatoms. The van der Waals surface area contributed by atoms with Crippen molar-refractivity contribution in [3.8, 4) is 17.1 Å². The van der Waals surface area contributed by atoms with Crippen LogP contribution in [0.3, 0.4) is 0 Å². The van der Waals surface area contributed by atoms with E-state index in [4.69, 9.17) is 0 Å². The number of amides is 2. The van der Waals surface area contributed by atoms with E-state index in [9.17, 15) is 9.59 Å². The molecule has 1 aliphatic heterocycles. The highest BCUT2D eigenvalue weighted by Crippen LogP contribution is 2.30. The second-order valence-electron chi connectivity index (χ2n) is 6.70. The summed E-state index contributed by atoms with van der Waals surface area (Å²) in [4.78, 5) is 26.6. The Hall–Kier alpha value is -3.71. The molecule has 1 aliphatic rings. The third-order valence-electron chi connectivity index (χ3n) is 4.88. The van der Waals surface area contributed by atoms with Gasteiger partial charge in [-0.15, -0.1) is 10.2 Å². The van der Waals surface area contributed by atoms with E-state index >= 15 is 0 Å². The molecular weight excluding hydrogens is 396 g/mol. The minimum absolute atomic E-state index is 0.159. The van der Waals surface area contributed by atoms with Gasteiger partial charge < -0.3 is 0 Å². The van der Waals surface area contributed by atoms with Gasteiger partial charge in [-0.3, -0.25) is 19.1 Å². The number of carbonyl (C=O) groups is 2. The van der Waals surface area contributed by atoms with Gasteiger partial charge in [0.05, 0.1) is 17.0 Å². The molecule has 0 N–H and O–H groups in total. The standard InChI is InChI=1S/C23H16N4O2S/c28-21-18-13-7-8-14-19(18)22(29)26(21)15-30-23-25-24-20(16-9-3-1-4-10-16)27(23)17-11-5-2-6-12-17/h1-14H,15H2. The van der Waals surface area contributed by atoms with E-state index in [2.05, 4.69) is 10.2 Å². The van der Waals surface area contributed by atoms with Crippen molar-refractivity contribution in [2.75, 3.05) is 5.88 Å². The molecular formula is C23H16N4O2S. The van der Waals surface area contributed by atoms with Crippen LogP contribution in [0.1, 0.15) is 20.7 Å². The van der Waals surface area contributed by atoms with Gasteiger partial charge in [-0.05, 0) is 24.3 Å². The number of rotatable bonds is 5. The molecule has 0 atom stereocenters. The van der Waals surface area contributed by atoms with Gasteiger partial charge in [-0.2, -0.15) is 0 Å². The number of hydrogen-bond acceptors (Lipinski definition) is 5. The lowest BCUT2D eigenvalue weighted by Gasteiger charge is -2.14. The molecule has 6 nitrogen and oxygen atoms in total. The molecule has 0 radical (unpaired) electrons. The van der Waals surface area contributed by atoms with E-state index < -0.39 is 0 Å². The Labute approximate surface area is 177 Å². The summed E-state index contributed by atoms with van der Waals surface area (Å²) < 4.78 is 1.94. The van der Waals surface area contributed by atoms with E-state index in [1.54, 1.807) is 24.3 Å². The minimum atomic E-state index is -0.280. The van der Waals surface area contributed by atoms with Gasteiger partial charge in [-0.25, -0.2) is 0 Å². The zero-order valence-electron chi connectivity index (χ0n) is 15.8. The predicted molar refractivity (Wildman–Crippen MR) is 114 cm³/mol. The quantitative estimate of drug-likeness (QED) is 0.362. The van der Waals surface area contributed by atoms with E-state index in [1.165, 1.54) is 16.7 Å². The maximum atomic E-state index is 12.7. The molecule has 3 aromatic carbocycles. The SMILES string of the molecule is O=C1c2ccccc2C(=O)N1CSc1nnc(-c2ccccc2)n1-c1ccccc1. The van der Waals surface area contributed by atoms with Crippen molar-refractivity contribution in [1.29, 1.82) is 0 Å². The summed E-state index contributed by atoms with van der Waals surface area (Å²) in [6.45, 7) is 0. The van der Waals surface area contributed by atoms with Crippen LogP contribution in [0.2, 0.25) is 0 Å². The topological polar surface area (TPSA) is 68.1 Å². The van der Waals surface area contributed by atoms with Gasteiger partial charge in [0, 0.05) is 11.3 Å². The lowest BCUT2D eigenvalue weighted by molar-refractivity contribution is 0.0684. The molecule has 2 heterocycles. The van der Waals surface area contributed by atoms with Crippen molar-refractivity contribution in [1.82, 2.24) is 19.7 Å². The van der Waals surface area contributed by atoms with E-state index in [-0.39, 0.29) is 17.7 Å². The molecule has 0 spiro atoms. The highest BCUT2D eigenvalue weighted by molar-refractivity contribution is 7.99. The number of para-hydroxylation sites is 1. The first kappa shape index (κ1) is 18.3. The maximum Gasteiger partial charge on any atom is 0.262 e. The second-order valence-corrected chi connectivity index (χ2v) is 7.61. The molecule has 1 aromatic heterocycles. The summed E-state index contributed by atoms with van der Waals surface area (Å²) in [7, 11) is 0. The zero-order valence-corrected chi connectivity index (χ0v) is 16.6. The van der Waals surface area contributed by atoms with Crippen LogP contribution in [0.15, 0.2) is 90.1 Å². The molecule has 0 saturated heterocycles. The second kappa shape index (κ2) is 7.61. The molecule has 30 heavy (non-hydrogen) atoms. The summed E-state index contributed by atoms with van der Waals surface area (Å²) in [5, 5.41) is 9.35. The molecule has 0 bridgehead atoms. The molecule has 0 fully saturated rings. The van der Waals surface area contributed by atoms with Gasteiger partial charge in [0.25, 0.3) is 11.8 Å². The molecule has 0 unspecified atom stereocenters. The number of fused-ring (bicyclic) bond motifs is 1. The van der Waals surface area contributed by atoms with E-state index in [1.807, 2.05) is 65.2 Å². The largest absolute Gasteiger partial charge is 0.270 e. The Bertz CT molecular complexity index is 1200. The highest BCUT2D eigenvalue weighted by Gasteiger charge is 2.35. The first-order valence-corrected chi connectivity index (χ1v) is 10.4. The van der Waals surface area contributed by atoms with Crippen LogP contribution in [0.4, 0.5) is 0 Å². The predicted octanol–water partition coefficient (Wildman–Crippen LogP) is 4.28. The lowest BCUT2D eigenvalue weighted by atomic mass is 10.1. The molecule has 2 amide bonds. The van der Waals surface area contributed by atoms with Crippen LogP contribution in [0, 0.1) is 0 Å². The average Bonchev–Trinajstić information content (AvgIpc) is 3.33. The van der Waals surface area contributed by atoms with Crippen LogP contribution in [0.25, 0.3) is 17.1 Å². The fourth-order valence-corrected chi connectivity index (χ4v) is 4.32. The van der Waals surface area contributed by atoms with Crippen molar-refractivity contribution in [2.24, 2.45) is 0 Å². The van der Waals surface area contributed by atoms with Gasteiger partial charge >= 0.3 is 0 Å². The number of hydrogen-bond donors (Lipinski definition) is 0. The van der Waals surface area contributed by atoms with E-state index in [0.717, 1.165) is 11.3 Å². The monoisotopic (exact) mass is 412 g/mol. The third kappa shape index (κ3) is 3.09. The van der Waals surface area contributed by atoms with Crippen molar-refractivity contribution < 1.29 is 9.59 Å². The number of aromatic nitrogens is 3. The number of benzene rings is 3. The van der Waals surface area contributed by atoms with Gasteiger partial charge in [0.2, 0.25) is 0 Å². The summed E-state index contributed by atoms with van der Waals surface area (Å²) in [6.07, 6.45) is 0. The smallest absolute Gasteiger partial charge is 0.262 e. The summed E-state index contributed by atoms with van der Waals surface area (Å²) in [5.41, 5.74) is 2.72. The molecule has 146 valence electrons. The van der Waals surface area contributed by atoms with Crippen LogP contribution >= 0.6 is 11.8 Å². The summed E-state index contributed by atoms with van der Waals surface area (Å²) >= 11 is 1.31. The van der Waals surface area contributed by atoms with Gasteiger partial charge in [0.15, 0.2) is 11.0 Å². The molecule has 5 rings (SSSR count). The normalized spacial score (nSPS) is 13.0. The minimum Gasteiger partial charge on any atom is -0.270 e. The van der Waals surface area contributed by atoms with Gasteiger partial charge in [-0.1, -0.05) is 72.4 Å². The Balaban J connectivity index is 1.48. The van der Waals surface area contributed by atoms with Crippen LogP contribution in [-0.2, 0) is 0 Å². The van der Waals surface area contributed by atoms with Gasteiger partial charge in [0.1, 0.15) is 0 Å². The average molecular weight is 412 g/mol. The number of nitrogens with zero attached hydrogens (tertiary/aromatic N) is 4. The van der Waals surface area contributed by atoms with Crippen LogP contribution in [-0.4, -0.2) is 37.4 Å². The van der Waals surface area contributed by atoms with Crippen LogP contribution < -0.4 is 0 Å². The first-order chi connectivity index (χ1) is 14.7. The maximum absolute atomic E-state index is 12.7. The zero-order chi connectivity index (χ0) is 20.5. The Kier molecular flexibility index (Phi) is 4.65. The Morgan fingerprint density at radius 1 is 0.700 bits per heavy atom. The first-order valence-electron chi connectivity index (χ1n) is 9.38. The van der Waals surface area contributed by atoms with E-state index in [0.29, 0.717) is 22.1 Å².